The van der Waals surface area contributed by atoms with Crippen LogP contribution in [0.25, 0.3) is 0 Å². The Morgan fingerprint density at radius 3 is 2.42 bits per heavy atom. The quantitative estimate of drug-likeness (QED) is 0.716. The highest BCUT2D eigenvalue weighted by Gasteiger charge is 2.42. The van der Waals surface area contributed by atoms with Crippen LogP contribution in [0.1, 0.15) is 39.5 Å². The van der Waals surface area contributed by atoms with Crippen molar-refractivity contribution in [3.05, 3.63) is 0 Å². The number of ether oxygens (including phenoxy) is 2. The number of nitrogens with two attached hydrogens (primary N) is 1. The molecule has 2 N–H and O–H groups in total. The molecule has 0 aliphatic carbocycles. The molecular formula is C18H35N3O3. The Labute approximate surface area is 146 Å². The van der Waals surface area contributed by atoms with E-state index in [0.717, 1.165) is 65.0 Å². The maximum absolute atomic E-state index is 12.9. The van der Waals surface area contributed by atoms with E-state index >= 15 is 0 Å². The van der Waals surface area contributed by atoms with Crippen molar-refractivity contribution in [2.45, 2.75) is 45.6 Å². The zero-order chi connectivity index (χ0) is 17.4. The van der Waals surface area contributed by atoms with Gasteiger partial charge in [0.1, 0.15) is 0 Å². The second-order valence-electron chi connectivity index (χ2n) is 6.99. The van der Waals surface area contributed by atoms with E-state index in [9.17, 15) is 4.79 Å². The molecule has 0 unspecified atom stereocenters. The number of likely N-dealkylation sites (N-methyl/N-ethyl adjacent to an activating group) is 1. The molecule has 0 spiro atoms. The third-order valence-electron chi connectivity index (χ3n) is 5.68. The van der Waals surface area contributed by atoms with Crippen LogP contribution in [0.5, 0.6) is 0 Å². The van der Waals surface area contributed by atoms with Gasteiger partial charge in [-0.1, -0.05) is 13.8 Å². The highest BCUT2D eigenvalue weighted by molar-refractivity contribution is 5.83. The van der Waals surface area contributed by atoms with E-state index in [1.807, 2.05) is 4.90 Å². The van der Waals surface area contributed by atoms with Crippen LogP contribution in [-0.4, -0.2) is 80.9 Å². The number of carbonyl (C=O) groups is 1. The molecule has 2 fully saturated rings. The first kappa shape index (κ1) is 19.6. The van der Waals surface area contributed by atoms with Crippen LogP contribution in [-0.2, 0) is 14.3 Å². The summed E-state index contributed by atoms with van der Waals surface area (Å²) < 4.78 is 11.4. The molecule has 24 heavy (non-hydrogen) atoms. The molecule has 0 aromatic carbocycles. The molecule has 2 heterocycles. The summed E-state index contributed by atoms with van der Waals surface area (Å²) in [6.07, 6.45) is 3.65. The van der Waals surface area contributed by atoms with Gasteiger partial charge < -0.3 is 25.0 Å². The summed E-state index contributed by atoms with van der Waals surface area (Å²) in [6, 6.07) is 0. The Morgan fingerprint density at radius 2 is 1.88 bits per heavy atom. The van der Waals surface area contributed by atoms with Gasteiger partial charge >= 0.3 is 0 Å². The van der Waals surface area contributed by atoms with E-state index in [1.54, 1.807) is 0 Å². The van der Waals surface area contributed by atoms with Crippen LogP contribution in [0.15, 0.2) is 0 Å². The van der Waals surface area contributed by atoms with Gasteiger partial charge in [-0.15, -0.1) is 0 Å². The highest BCUT2D eigenvalue weighted by atomic mass is 16.5. The number of piperidine rings is 1. The molecule has 0 aromatic rings. The Bertz CT molecular complexity index is 374. The van der Waals surface area contributed by atoms with Crippen LogP contribution < -0.4 is 5.73 Å². The van der Waals surface area contributed by atoms with Crippen molar-refractivity contribution in [2.24, 2.45) is 11.1 Å². The second kappa shape index (κ2) is 9.70. The number of amides is 1. The largest absolute Gasteiger partial charge is 0.381 e. The fourth-order valence-corrected chi connectivity index (χ4v) is 3.72. The molecule has 2 aliphatic rings. The summed E-state index contributed by atoms with van der Waals surface area (Å²) in [6.45, 7) is 11.6. The van der Waals surface area contributed by atoms with Gasteiger partial charge in [0.05, 0.1) is 18.1 Å². The molecule has 0 bridgehead atoms. The summed E-state index contributed by atoms with van der Waals surface area (Å²) in [5, 5.41) is 0. The van der Waals surface area contributed by atoms with Crippen molar-refractivity contribution >= 4 is 5.91 Å². The Kier molecular flexibility index (Phi) is 7.94. The molecule has 1 amide bonds. The monoisotopic (exact) mass is 341 g/mol. The first-order chi connectivity index (χ1) is 11.6. The number of carbonyl (C=O) groups excluding carboxylic acids is 1. The Morgan fingerprint density at radius 1 is 1.25 bits per heavy atom. The maximum Gasteiger partial charge on any atom is 0.230 e. The third kappa shape index (κ3) is 4.91. The zero-order valence-electron chi connectivity index (χ0n) is 15.5. The molecule has 0 saturated carbocycles. The van der Waals surface area contributed by atoms with Gasteiger partial charge in [0, 0.05) is 39.4 Å². The number of likely N-dealkylation sites (tertiary alicyclic amines) is 1. The van der Waals surface area contributed by atoms with Gasteiger partial charge in [0.15, 0.2) is 0 Å². The van der Waals surface area contributed by atoms with Gasteiger partial charge in [0.2, 0.25) is 5.91 Å². The van der Waals surface area contributed by atoms with Crippen molar-refractivity contribution in [3.8, 4) is 0 Å². The molecule has 6 nitrogen and oxygen atoms in total. The third-order valence-corrected chi connectivity index (χ3v) is 5.68. The average Bonchev–Trinajstić information content (AvgIpc) is 2.65. The Balaban J connectivity index is 1.74. The molecule has 140 valence electrons. The fourth-order valence-electron chi connectivity index (χ4n) is 3.72. The van der Waals surface area contributed by atoms with Crippen molar-refractivity contribution in [2.75, 3.05) is 59.1 Å². The van der Waals surface area contributed by atoms with Crippen molar-refractivity contribution in [1.82, 2.24) is 9.80 Å². The van der Waals surface area contributed by atoms with Crippen LogP contribution in [0.2, 0.25) is 0 Å². The molecule has 6 heteroatoms. The topological polar surface area (TPSA) is 68.0 Å². The van der Waals surface area contributed by atoms with Gasteiger partial charge in [-0.25, -0.2) is 0 Å². The van der Waals surface area contributed by atoms with E-state index in [4.69, 9.17) is 15.2 Å². The molecule has 0 radical (unpaired) electrons. The first-order valence-corrected chi connectivity index (χ1v) is 9.56. The minimum Gasteiger partial charge on any atom is -0.381 e. The predicted molar refractivity (Wildman–Crippen MR) is 94.9 cm³/mol. The lowest BCUT2D eigenvalue weighted by atomic mass is 9.78. The number of rotatable bonds is 8. The van der Waals surface area contributed by atoms with E-state index in [2.05, 4.69) is 18.7 Å². The highest BCUT2D eigenvalue weighted by Crippen LogP contribution is 2.32. The van der Waals surface area contributed by atoms with Crippen molar-refractivity contribution in [3.63, 3.8) is 0 Å². The van der Waals surface area contributed by atoms with Crippen LogP contribution in [0, 0.1) is 5.41 Å². The van der Waals surface area contributed by atoms with E-state index in [0.29, 0.717) is 19.8 Å². The number of nitrogens with zero attached hydrogens (tertiary/aromatic N) is 2. The summed E-state index contributed by atoms with van der Waals surface area (Å²) in [4.78, 5) is 17.3. The van der Waals surface area contributed by atoms with Gasteiger partial charge in [0.25, 0.3) is 0 Å². The van der Waals surface area contributed by atoms with Crippen LogP contribution in [0.3, 0.4) is 0 Å². The van der Waals surface area contributed by atoms with E-state index in [1.165, 1.54) is 0 Å². The number of hydrogen-bond acceptors (Lipinski definition) is 5. The van der Waals surface area contributed by atoms with Gasteiger partial charge in [-0.3, -0.25) is 4.79 Å². The lowest BCUT2D eigenvalue weighted by Crippen LogP contribution is -2.53. The molecule has 2 rings (SSSR count). The van der Waals surface area contributed by atoms with Gasteiger partial charge in [-0.2, -0.15) is 0 Å². The normalized spacial score (nSPS) is 22.1. The summed E-state index contributed by atoms with van der Waals surface area (Å²) in [5.41, 5.74) is 5.57. The lowest BCUT2D eigenvalue weighted by molar-refractivity contribution is -0.149. The molecule has 0 aromatic heterocycles. The Hall–Kier alpha value is -0.690. The SMILES string of the molecule is CCN(CC)CCOC1CCN(C(=O)C2(CN)CCOCC2)CC1. The second-order valence-corrected chi connectivity index (χ2v) is 6.99. The zero-order valence-corrected chi connectivity index (χ0v) is 15.5. The molecule has 0 atom stereocenters. The molecule has 2 saturated heterocycles. The minimum atomic E-state index is -0.394. The number of hydrogen-bond donors (Lipinski definition) is 1. The van der Waals surface area contributed by atoms with Crippen LogP contribution in [0.4, 0.5) is 0 Å². The maximum atomic E-state index is 12.9. The fraction of sp³-hybridized carbons (Fsp3) is 0.944. The summed E-state index contributed by atoms with van der Waals surface area (Å²) in [7, 11) is 0. The van der Waals surface area contributed by atoms with Gasteiger partial charge in [-0.05, 0) is 38.8 Å². The first-order valence-electron chi connectivity index (χ1n) is 9.56. The summed E-state index contributed by atoms with van der Waals surface area (Å²) in [5.74, 6) is 0.231. The van der Waals surface area contributed by atoms with E-state index < -0.39 is 5.41 Å². The van der Waals surface area contributed by atoms with Crippen molar-refractivity contribution < 1.29 is 14.3 Å². The van der Waals surface area contributed by atoms with Crippen molar-refractivity contribution in [1.29, 1.82) is 0 Å². The minimum absolute atomic E-state index is 0.231. The molecular weight excluding hydrogens is 306 g/mol. The average molecular weight is 341 g/mol. The lowest BCUT2D eigenvalue weighted by Gasteiger charge is -2.41. The van der Waals surface area contributed by atoms with E-state index in [-0.39, 0.29) is 12.0 Å². The summed E-state index contributed by atoms with van der Waals surface area (Å²) >= 11 is 0. The standard InChI is InChI=1S/C18H35N3O3/c1-3-20(4-2)11-14-24-16-5-9-21(10-6-16)17(22)18(15-19)7-12-23-13-8-18/h16H,3-15,19H2,1-2H3. The smallest absolute Gasteiger partial charge is 0.230 e. The predicted octanol–water partition coefficient (Wildman–Crippen LogP) is 1.09. The molecule has 2 aliphatic heterocycles. The van der Waals surface area contributed by atoms with Crippen LogP contribution >= 0.6 is 0 Å².